The lowest BCUT2D eigenvalue weighted by atomic mass is 9.76. The molecule has 3 aromatic carbocycles. The first kappa shape index (κ1) is 33.5. The van der Waals surface area contributed by atoms with Crippen molar-refractivity contribution in [3.63, 3.8) is 0 Å². The van der Waals surface area contributed by atoms with Crippen LogP contribution in [0.15, 0.2) is 72.8 Å². The van der Waals surface area contributed by atoms with E-state index in [9.17, 15) is 9.59 Å². The maximum atomic E-state index is 14.0. The molecule has 6 rings (SSSR count). The second kappa shape index (κ2) is 15.2. The zero-order valence-electron chi connectivity index (χ0n) is 28.5. The number of imidazole rings is 1. The Kier molecular flexibility index (Phi) is 10.6. The van der Waals surface area contributed by atoms with Gasteiger partial charge in [-0.3, -0.25) is 9.59 Å². The number of carbonyl (C=O) groups excluding carboxylic acids is 2. The number of methoxy groups -OCH3 is 1. The molecule has 1 atom stereocenters. The van der Waals surface area contributed by atoms with Gasteiger partial charge in [-0.1, -0.05) is 42.5 Å². The topological polar surface area (TPSA) is 92.2 Å². The van der Waals surface area contributed by atoms with E-state index in [1.165, 1.54) is 12.5 Å². The molecule has 0 bridgehead atoms. The van der Waals surface area contributed by atoms with E-state index in [0.29, 0.717) is 43.3 Å². The number of aromatic nitrogens is 2. The van der Waals surface area contributed by atoms with E-state index in [2.05, 4.69) is 74.3 Å². The fourth-order valence-electron chi connectivity index (χ4n) is 7.34. The summed E-state index contributed by atoms with van der Waals surface area (Å²) in [7, 11) is 1.57. The summed E-state index contributed by atoms with van der Waals surface area (Å²) in [6.07, 6.45) is 2.90. The molecule has 1 N–H and O–H groups in total. The lowest BCUT2D eigenvalue weighted by molar-refractivity contribution is -0.114. The minimum Gasteiger partial charge on any atom is -0.496 e. The highest BCUT2D eigenvalue weighted by Gasteiger charge is 2.42. The van der Waals surface area contributed by atoms with Crippen molar-refractivity contribution in [3.05, 3.63) is 83.9 Å². The Morgan fingerprint density at radius 2 is 1.75 bits per heavy atom. The van der Waals surface area contributed by atoms with Crippen molar-refractivity contribution in [3.8, 4) is 5.75 Å². The highest BCUT2D eigenvalue weighted by molar-refractivity contribution is 5.99. The van der Waals surface area contributed by atoms with E-state index < -0.39 is 0 Å². The number of para-hydroxylation sites is 2. The Morgan fingerprint density at radius 1 is 0.938 bits per heavy atom. The molecule has 0 radical (unpaired) electrons. The molecule has 2 aliphatic rings. The molecule has 48 heavy (non-hydrogen) atoms. The molecule has 0 aliphatic carbocycles. The number of nitrogens with one attached hydrogen (secondary N) is 1. The van der Waals surface area contributed by atoms with Crippen LogP contribution in [-0.4, -0.2) is 97.3 Å². The summed E-state index contributed by atoms with van der Waals surface area (Å²) < 4.78 is 13.6. The lowest BCUT2D eigenvalue weighted by Crippen LogP contribution is -2.39. The molecule has 10 heteroatoms. The first-order valence-corrected chi connectivity index (χ1v) is 17.2. The smallest absolute Gasteiger partial charge is 0.257 e. The van der Waals surface area contributed by atoms with Gasteiger partial charge in [-0.15, -0.1) is 0 Å². The zero-order valence-corrected chi connectivity index (χ0v) is 28.5. The molecule has 2 aliphatic heterocycles. The molecule has 2 saturated heterocycles. The second-order valence-corrected chi connectivity index (χ2v) is 12.9. The van der Waals surface area contributed by atoms with E-state index in [0.717, 1.165) is 75.5 Å². The Balaban J connectivity index is 1.16. The standard InChI is InChI=1S/C38H48N6O4/c1-4-48-26-25-44-34-14-9-8-13-33(34)40-37(44)42-20-10-19-41(23-24-42)21-17-38(30-11-6-5-7-12-30)18-22-43(28-38)36(46)32-27-31(39-29(2)45)15-16-35(32)47-3/h5-9,11-16,27H,4,10,17-26,28H2,1-3H3,(H,39,45). The van der Waals surface area contributed by atoms with Crippen molar-refractivity contribution < 1.29 is 19.1 Å². The molecule has 1 unspecified atom stereocenters. The van der Waals surface area contributed by atoms with Crippen molar-refractivity contribution >= 4 is 34.5 Å². The predicted octanol–water partition coefficient (Wildman–Crippen LogP) is 5.43. The number of ether oxygens (including phenoxy) is 2. The molecule has 2 amide bonds. The highest BCUT2D eigenvalue weighted by Crippen LogP contribution is 2.39. The summed E-state index contributed by atoms with van der Waals surface area (Å²) in [5.74, 6) is 1.28. The quantitative estimate of drug-likeness (QED) is 0.204. The second-order valence-electron chi connectivity index (χ2n) is 12.9. The van der Waals surface area contributed by atoms with E-state index >= 15 is 0 Å². The average Bonchev–Trinajstić information content (AvgIpc) is 3.62. The lowest BCUT2D eigenvalue weighted by Gasteiger charge is -2.33. The van der Waals surface area contributed by atoms with Crippen LogP contribution in [0.25, 0.3) is 11.0 Å². The minimum absolute atomic E-state index is 0.0745. The monoisotopic (exact) mass is 652 g/mol. The Hall–Kier alpha value is -4.41. The maximum absolute atomic E-state index is 14.0. The summed E-state index contributed by atoms with van der Waals surface area (Å²) in [4.78, 5) is 37.7. The molecule has 10 nitrogen and oxygen atoms in total. The molecular formula is C38H48N6O4. The molecule has 1 aromatic heterocycles. The predicted molar refractivity (Wildman–Crippen MR) is 190 cm³/mol. The summed E-state index contributed by atoms with van der Waals surface area (Å²) in [6.45, 7) is 11.7. The van der Waals surface area contributed by atoms with Crippen LogP contribution >= 0.6 is 0 Å². The zero-order chi connectivity index (χ0) is 33.5. The van der Waals surface area contributed by atoms with Gasteiger partial charge in [-0.05, 0) is 75.2 Å². The number of benzene rings is 3. The normalized spacial score (nSPS) is 18.6. The molecule has 4 aromatic rings. The van der Waals surface area contributed by atoms with Gasteiger partial charge in [0.05, 0.1) is 30.3 Å². The molecule has 3 heterocycles. The fourth-order valence-corrected chi connectivity index (χ4v) is 7.34. The number of fused-ring (bicyclic) bond motifs is 1. The third-order valence-corrected chi connectivity index (χ3v) is 9.85. The molecule has 0 saturated carbocycles. The number of amides is 2. The largest absolute Gasteiger partial charge is 0.496 e. The first-order valence-electron chi connectivity index (χ1n) is 17.2. The number of hydrogen-bond acceptors (Lipinski definition) is 7. The summed E-state index contributed by atoms with van der Waals surface area (Å²) >= 11 is 0. The van der Waals surface area contributed by atoms with Gasteiger partial charge in [-0.2, -0.15) is 0 Å². The van der Waals surface area contributed by atoms with Crippen LogP contribution in [-0.2, 0) is 21.5 Å². The molecule has 2 fully saturated rings. The maximum Gasteiger partial charge on any atom is 0.257 e. The Bertz CT molecular complexity index is 1710. The number of nitrogens with zero attached hydrogens (tertiary/aromatic N) is 5. The van der Waals surface area contributed by atoms with Gasteiger partial charge in [0.2, 0.25) is 11.9 Å². The SMILES string of the molecule is CCOCCn1c(N2CCCN(CCC3(c4ccccc4)CCN(C(=O)c4cc(NC(C)=O)ccc4OC)C3)CC2)nc2ccccc21. The summed E-state index contributed by atoms with van der Waals surface area (Å²) in [6, 6.07) is 24.3. The van der Waals surface area contributed by atoms with E-state index in [1.54, 1.807) is 25.3 Å². The minimum atomic E-state index is -0.181. The number of rotatable bonds is 12. The van der Waals surface area contributed by atoms with Gasteiger partial charge in [0.25, 0.3) is 5.91 Å². The molecule has 0 spiro atoms. The van der Waals surface area contributed by atoms with Crippen molar-refractivity contribution in [2.45, 2.75) is 45.1 Å². The van der Waals surface area contributed by atoms with Crippen molar-refractivity contribution in [2.75, 3.05) is 76.4 Å². The van der Waals surface area contributed by atoms with Gasteiger partial charge in [0.1, 0.15) is 5.75 Å². The van der Waals surface area contributed by atoms with Gasteiger partial charge in [-0.25, -0.2) is 4.98 Å². The third kappa shape index (κ3) is 7.34. The van der Waals surface area contributed by atoms with Crippen molar-refractivity contribution in [1.29, 1.82) is 0 Å². The van der Waals surface area contributed by atoms with Gasteiger partial charge in [0.15, 0.2) is 0 Å². The van der Waals surface area contributed by atoms with Gasteiger partial charge in [0, 0.05) is 63.9 Å². The van der Waals surface area contributed by atoms with Crippen LogP contribution < -0.4 is 15.0 Å². The van der Waals surface area contributed by atoms with Crippen LogP contribution in [0, 0.1) is 0 Å². The van der Waals surface area contributed by atoms with E-state index in [1.807, 2.05) is 11.8 Å². The summed E-state index contributed by atoms with van der Waals surface area (Å²) in [5.41, 5.74) is 4.35. The van der Waals surface area contributed by atoms with Gasteiger partial charge < -0.3 is 34.1 Å². The molecule has 254 valence electrons. The first-order chi connectivity index (χ1) is 23.4. The van der Waals surface area contributed by atoms with E-state index in [-0.39, 0.29) is 17.2 Å². The Morgan fingerprint density at radius 3 is 2.54 bits per heavy atom. The van der Waals surface area contributed by atoms with Crippen LogP contribution in [0.2, 0.25) is 0 Å². The van der Waals surface area contributed by atoms with Gasteiger partial charge >= 0.3 is 0 Å². The number of hydrogen-bond donors (Lipinski definition) is 1. The third-order valence-electron chi connectivity index (χ3n) is 9.85. The summed E-state index contributed by atoms with van der Waals surface area (Å²) in [5, 5.41) is 2.80. The molecular weight excluding hydrogens is 604 g/mol. The van der Waals surface area contributed by atoms with Crippen molar-refractivity contribution in [2.24, 2.45) is 0 Å². The van der Waals surface area contributed by atoms with Crippen LogP contribution in [0.5, 0.6) is 5.75 Å². The van der Waals surface area contributed by atoms with Crippen LogP contribution in [0.4, 0.5) is 11.6 Å². The van der Waals surface area contributed by atoms with Crippen LogP contribution in [0.3, 0.4) is 0 Å². The number of likely N-dealkylation sites (tertiary alicyclic amines) is 1. The fraction of sp³-hybridized carbons (Fsp3) is 0.447. The van der Waals surface area contributed by atoms with Crippen LogP contribution in [0.1, 0.15) is 49.0 Å². The highest BCUT2D eigenvalue weighted by atomic mass is 16.5. The number of carbonyl (C=O) groups is 2. The van der Waals surface area contributed by atoms with Crippen molar-refractivity contribution in [1.82, 2.24) is 19.4 Å². The number of anilines is 2. The van der Waals surface area contributed by atoms with E-state index in [4.69, 9.17) is 14.5 Å². The Labute approximate surface area is 283 Å². The average molecular weight is 653 g/mol.